The van der Waals surface area contributed by atoms with E-state index in [1.807, 2.05) is 31.3 Å². The Bertz CT molecular complexity index is 1430. The van der Waals surface area contributed by atoms with Crippen LogP contribution in [-0.2, 0) is 30.5 Å². The summed E-state index contributed by atoms with van der Waals surface area (Å²) in [4.78, 5) is 19.2. The Morgan fingerprint density at radius 1 is 1.05 bits per heavy atom. The molecule has 5 rings (SSSR count). The van der Waals surface area contributed by atoms with Crippen molar-refractivity contribution in [3.63, 3.8) is 0 Å². The second kappa shape index (κ2) is 11.7. The molecule has 4 aromatic rings. The maximum absolute atomic E-state index is 13.8. The van der Waals surface area contributed by atoms with Gasteiger partial charge in [0.2, 0.25) is 5.91 Å². The summed E-state index contributed by atoms with van der Waals surface area (Å²) in [6.07, 6.45) is 8.99. The van der Waals surface area contributed by atoms with Crippen LogP contribution in [0.4, 0.5) is 5.69 Å². The molecule has 196 valence electrons. The Morgan fingerprint density at radius 3 is 2.66 bits per heavy atom. The summed E-state index contributed by atoms with van der Waals surface area (Å²) in [6, 6.07) is 22.7. The monoisotopic (exact) mass is 507 g/mol. The van der Waals surface area contributed by atoms with Crippen LogP contribution in [0.25, 0.3) is 17.0 Å². The van der Waals surface area contributed by atoms with Crippen LogP contribution >= 0.6 is 0 Å². The number of benzene rings is 3. The molecule has 1 amide bonds. The first kappa shape index (κ1) is 25.8. The van der Waals surface area contributed by atoms with E-state index in [-0.39, 0.29) is 11.9 Å². The van der Waals surface area contributed by atoms with Crippen molar-refractivity contribution >= 4 is 28.6 Å². The fraction of sp³-hybridized carbons (Fsp3) is 0.303. The zero-order chi connectivity index (χ0) is 26.5. The van der Waals surface area contributed by atoms with Crippen molar-refractivity contribution in [1.29, 1.82) is 0 Å². The van der Waals surface area contributed by atoms with Gasteiger partial charge in [-0.15, -0.1) is 0 Å². The van der Waals surface area contributed by atoms with Crippen LogP contribution in [0.2, 0.25) is 0 Å². The van der Waals surface area contributed by atoms with E-state index in [1.165, 1.54) is 27.6 Å². The third-order valence-corrected chi connectivity index (χ3v) is 7.47. The molecule has 38 heavy (non-hydrogen) atoms. The SMILES string of the molecule is CCCc1ccc2[nH]c3c(c2c1)CCNC(C(=O)N(C)c1ccc(OC)cc1)Cc1cccc(c1)CC=C3. The highest BCUT2D eigenvalue weighted by Gasteiger charge is 2.24. The molecule has 1 aromatic heterocycles. The van der Waals surface area contributed by atoms with Gasteiger partial charge in [0.1, 0.15) is 5.75 Å². The Morgan fingerprint density at radius 2 is 1.87 bits per heavy atom. The van der Waals surface area contributed by atoms with Crippen LogP contribution in [0.5, 0.6) is 5.75 Å². The van der Waals surface area contributed by atoms with Gasteiger partial charge in [-0.3, -0.25) is 4.79 Å². The molecule has 2 bridgehead atoms. The van der Waals surface area contributed by atoms with Gasteiger partial charge >= 0.3 is 0 Å². The van der Waals surface area contributed by atoms with E-state index in [0.717, 1.165) is 48.4 Å². The number of H-pyrrole nitrogens is 1. The predicted molar refractivity (Wildman–Crippen MR) is 157 cm³/mol. The molecular weight excluding hydrogens is 470 g/mol. The maximum atomic E-state index is 13.8. The van der Waals surface area contributed by atoms with Crippen LogP contribution in [0.1, 0.15) is 41.3 Å². The van der Waals surface area contributed by atoms with Crippen molar-refractivity contribution in [2.24, 2.45) is 0 Å². The maximum Gasteiger partial charge on any atom is 0.244 e. The number of likely N-dealkylation sites (N-methyl/N-ethyl adjacent to an activating group) is 1. The second-order valence-electron chi connectivity index (χ2n) is 10.1. The Labute approximate surface area is 225 Å². The van der Waals surface area contributed by atoms with E-state index < -0.39 is 0 Å². The van der Waals surface area contributed by atoms with Gasteiger partial charge in [0, 0.05) is 35.9 Å². The first-order valence-corrected chi connectivity index (χ1v) is 13.6. The predicted octanol–water partition coefficient (Wildman–Crippen LogP) is 6.10. The number of carbonyl (C=O) groups is 1. The Kier molecular flexibility index (Phi) is 7.94. The van der Waals surface area contributed by atoms with Crippen LogP contribution in [0, 0.1) is 0 Å². The molecule has 0 saturated heterocycles. The highest BCUT2D eigenvalue weighted by atomic mass is 16.5. The number of nitrogens with one attached hydrogen (secondary N) is 2. The molecule has 5 heteroatoms. The number of ether oxygens (including phenoxy) is 1. The molecule has 1 atom stereocenters. The van der Waals surface area contributed by atoms with Crippen LogP contribution in [0.15, 0.2) is 72.8 Å². The lowest BCUT2D eigenvalue weighted by molar-refractivity contribution is -0.120. The number of allylic oxidation sites excluding steroid dienone is 1. The average molecular weight is 508 g/mol. The highest BCUT2D eigenvalue weighted by molar-refractivity contribution is 5.97. The summed E-state index contributed by atoms with van der Waals surface area (Å²) < 4.78 is 5.29. The van der Waals surface area contributed by atoms with E-state index in [4.69, 9.17) is 4.74 Å². The van der Waals surface area contributed by atoms with E-state index >= 15 is 0 Å². The standard InChI is InChI=1S/C33H37N3O2/c1-4-7-23-12-17-31-29(21-23)28-18-19-34-32(33(37)36(2)26-13-15-27(38-3)16-14-26)22-25-10-5-8-24(20-25)9-6-11-30(28)35-31/h5-6,8,10-17,20-21,32,34-35H,4,7,9,18-19,22H2,1-3H3. The average Bonchev–Trinajstić information content (AvgIpc) is 3.28. The first-order valence-electron chi connectivity index (χ1n) is 13.6. The number of aryl methyl sites for hydroxylation is 1. The van der Waals surface area contributed by atoms with Gasteiger partial charge in [-0.25, -0.2) is 0 Å². The smallest absolute Gasteiger partial charge is 0.244 e. The van der Waals surface area contributed by atoms with Crippen molar-refractivity contribution in [2.45, 2.75) is 45.1 Å². The zero-order valence-corrected chi connectivity index (χ0v) is 22.6. The van der Waals surface area contributed by atoms with Gasteiger partial charge in [-0.1, -0.05) is 49.8 Å². The van der Waals surface area contributed by atoms with Gasteiger partial charge in [0.25, 0.3) is 0 Å². The molecule has 0 saturated carbocycles. The summed E-state index contributed by atoms with van der Waals surface area (Å²) >= 11 is 0. The number of amides is 1. The molecule has 2 heterocycles. The number of fused-ring (bicyclic) bond motifs is 5. The third kappa shape index (κ3) is 5.68. The van der Waals surface area contributed by atoms with Gasteiger partial charge in [0.15, 0.2) is 0 Å². The molecule has 0 spiro atoms. The van der Waals surface area contributed by atoms with Crippen molar-refractivity contribution in [2.75, 3.05) is 25.6 Å². The zero-order valence-electron chi connectivity index (χ0n) is 22.6. The number of rotatable bonds is 5. The summed E-state index contributed by atoms with van der Waals surface area (Å²) in [5.41, 5.74) is 8.26. The number of aromatic nitrogens is 1. The number of methoxy groups -OCH3 is 1. The number of carbonyl (C=O) groups excluding carboxylic acids is 1. The minimum Gasteiger partial charge on any atom is -0.497 e. The van der Waals surface area contributed by atoms with Crippen LogP contribution in [-0.4, -0.2) is 37.6 Å². The van der Waals surface area contributed by atoms with E-state index in [0.29, 0.717) is 13.0 Å². The minimum absolute atomic E-state index is 0.0537. The normalized spacial score (nSPS) is 15.7. The minimum atomic E-state index is -0.338. The lowest BCUT2D eigenvalue weighted by atomic mass is 10.0. The number of anilines is 1. The fourth-order valence-corrected chi connectivity index (χ4v) is 5.39. The molecule has 0 radical (unpaired) electrons. The number of nitrogens with zero attached hydrogens (tertiary/aromatic N) is 1. The van der Waals surface area contributed by atoms with E-state index in [2.05, 4.69) is 71.8 Å². The molecule has 5 nitrogen and oxygen atoms in total. The van der Waals surface area contributed by atoms with Gasteiger partial charge in [0.05, 0.1) is 13.2 Å². The van der Waals surface area contributed by atoms with Crippen LogP contribution < -0.4 is 15.0 Å². The second-order valence-corrected chi connectivity index (χ2v) is 10.1. The fourth-order valence-electron chi connectivity index (χ4n) is 5.39. The van der Waals surface area contributed by atoms with Gasteiger partial charge < -0.3 is 19.9 Å². The molecule has 0 aliphatic carbocycles. The van der Waals surface area contributed by atoms with Crippen molar-refractivity contribution in [3.05, 3.63) is 101 Å². The van der Waals surface area contributed by atoms with Crippen LogP contribution in [0.3, 0.4) is 0 Å². The molecule has 1 unspecified atom stereocenters. The van der Waals surface area contributed by atoms with Crippen molar-refractivity contribution in [3.8, 4) is 5.75 Å². The quantitative estimate of drug-likeness (QED) is 0.343. The summed E-state index contributed by atoms with van der Waals surface area (Å²) in [5.74, 6) is 0.829. The molecule has 1 aliphatic heterocycles. The number of hydrogen-bond donors (Lipinski definition) is 2. The molecule has 1 aliphatic rings. The first-order chi connectivity index (χ1) is 18.6. The van der Waals surface area contributed by atoms with Crippen molar-refractivity contribution in [1.82, 2.24) is 10.3 Å². The summed E-state index contributed by atoms with van der Waals surface area (Å²) in [7, 11) is 3.49. The van der Waals surface area contributed by atoms with Gasteiger partial charge in [-0.2, -0.15) is 0 Å². The summed E-state index contributed by atoms with van der Waals surface area (Å²) in [6.45, 7) is 2.93. The molecular formula is C33H37N3O2. The third-order valence-electron chi connectivity index (χ3n) is 7.47. The largest absolute Gasteiger partial charge is 0.497 e. The van der Waals surface area contributed by atoms with Gasteiger partial charge in [-0.05, 0) is 90.4 Å². The lowest BCUT2D eigenvalue weighted by Crippen LogP contribution is -2.47. The molecule has 3 aromatic carbocycles. The topological polar surface area (TPSA) is 57.4 Å². The Balaban J connectivity index is 1.46. The highest BCUT2D eigenvalue weighted by Crippen LogP contribution is 2.27. The number of hydrogen-bond acceptors (Lipinski definition) is 3. The lowest BCUT2D eigenvalue weighted by Gasteiger charge is -2.25. The molecule has 0 fully saturated rings. The van der Waals surface area contributed by atoms with Crippen molar-refractivity contribution < 1.29 is 9.53 Å². The molecule has 2 N–H and O–H groups in total. The van der Waals surface area contributed by atoms with E-state index in [9.17, 15) is 4.79 Å². The number of aromatic amines is 1. The Hall–Kier alpha value is -3.83. The summed E-state index contributed by atoms with van der Waals surface area (Å²) in [5, 5.41) is 4.90. The van der Waals surface area contributed by atoms with E-state index in [1.54, 1.807) is 12.0 Å².